The van der Waals surface area contributed by atoms with Crippen molar-refractivity contribution in [3.63, 3.8) is 0 Å². The zero-order chi connectivity index (χ0) is 34.7. The second-order valence-corrected chi connectivity index (χ2v) is 16.2. The highest BCUT2D eigenvalue weighted by Crippen LogP contribution is 2.51. The van der Waals surface area contributed by atoms with Crippen LogP contribution in [0.2, 0.25) is 0 Å². The lowest BCUT2D eigenvalue weighted by Crippen LogP contribution is -2.30. The first kappa shape index (κ1) is 31.1. The first-order valence-electron chi connectivity index (χ1n) is 16.5. The van der Waals surface area contributed by atoms with E-state index in [1.807, 2.05) is 170 Å². The molecule has 0 saturated heterocycles. The normalized spacial score (nSPS) is 14.4. The third kappa shape index (κ3) is 5.25. The van der Waals surface area contributed by atoms with Crippen LogP contribution in [0.4, 0.5) is 0 Å². The van der Waals surface area contributed by atoms with Gasteiger partial charge in [-0.15, -0.1) is 4.13 Å². The highest BCUT2D eigenvalue weighted by Gasteiger charge is 2.40. The van der Waals surface area contributed by atoms with E-state index in [-0.39, 0.29) is 9.79 Å². The van der Waals surface area contributed by atoms with Crippen LogP contribution in [0.25, 0.3) is 77.2 Å². The lowest BCUT2D eigenvalue weighted by Gasteiger charge is -2.20. The Morgan fingerprint density at radius 1 is 0.333 bits per heavy atom. The van der Waals surface area contributed by atoms with Crippen LogP contribution in [0.1, 0.15) is 0 Å². The van der Waals surface area contributed by atoms with E-state index in [4.69, 9.17) is 0 Å². The summed E-state index contributed by atoms with van der Waals surface area (Å²) in [5.74, 6) is 0. The first-order chi connectivity index (χ1) is 24.8. The molecule has 0 spiro atoms. The summed E-state index contributed by atoms with van der Waals surface area (Å²) >= 11 is 0. The summed E-state index contributed by atoms with van der Waals surface area (Å²) in [6, 6.07) is 54.0. The molecule has 8 aromatic carbocycles. The van der Waals surface area contributed by atoms with E-state index in [2.05, 4.69) is 4.13 Å². The summed E-state index contributed by atoms with van der Waals surface area (Å²) in [5.41, 5.74) is 6.63. The molecule has 1 heterocycles. The van der Waals surface area contributed by atoms with Crippen molar-refractivity contribution < 1.29 is 16.8 Å². The highest BCUT2D eigenvalue weighted by molar-refractivity contribution is 8.05. The Morgan fingerprint density at radius 3 is 1.12 bits per heavy atom. The zero-order valence-electron chi connectivity index (χ0n) is 27.1. The minimum Gasteiger partial charge on any atom is -0.206 e. The quantitative estimate of drug-likeness (QED) is 0.198. The second-order valence-electron chi connectivity index (χ2n) is 12.7. The van der Waals surface area contributed by atoms with Crippen LogP contribution in [0.3, 0.4) is 0 Å². The van der Waals surface area contributed by atoms with Crippen molar-refractivity contribution in [1.82, 2.24) is 4.13 Å². The molecule has 7 heteroatoms. The minimum atomic E-state index is -4.66. The predicted octanol–water partition coefficient (Wildman–Crippen LogP) is 10.3. The first-order valence-corrected chi connectivity index (χ1v) is 19.5. The SMILES string of the molecule is O=S1(=O)NS(=O)(=O)c2c(-c3cccc(-c4ccccc4)c3)cc3ccccc3c2-c2c1c(-c1cccc(-c3ccccc3)c1)cc1ccccc21. The number of hydrogen-bond donors (Lipinski definition) is 1. The van der Waals surface area contributed by atoms with Crippen molar-refractivity contribution in [1.29, 1.82) is 0 Å². The molecule has 1 aliphatic rings. The third-order valence-corrected chi connectivity index (χ3v) is 13.2. The molecule has 51 heavy (non-hydrogen) atoms. The van der Waals surface area contributed by atoms with Crippen molar-refractivity contribution in [3.05, 3.63) is 170 Å². The smallest absolute Gasteiger partial charge is 0.206 e. The summed E-state index contributed by atoms with van der Waals surface area (Å²) < 4.78 is 61.0. The van der Waals surface area contributed by atoms with Gasteiger partial charge in [-0.2, -0.15) is 0 Å². The Bertz CT molecular complexity index is 2710. The van der Waals surface area contributed by atoms with E-state index < -0.39 is 20.0 Å². The Hall–Kier alpha value is -5.86. The Labute approximate surface area is 296 Å². The van der Waals surface area contributed by atoms with Gasteiger partial charge in [-0.25, -0.2) is 16.8 Å². The molecule has 9 rings (SSSR count). The maximum Gasteiger partial charge on any atom is 0.255 e. The average Bonchev–Trinajstić information content (AvgIpc) is 3.24. The molecular formula is C44H29NO4S2. The fourth-order valence-corrected chi connectivity index (χ4v) is 11.1. The van der Waals surface area contributed by atoms with E-state index in [0.29, 0.717) is 44.2 Å². The van der Waals surface area contributed by atoms with E-state index >= 15 is 0 Å². The Balaban J connectivity index is 1.43. The molecule has 1 N–H and O–H groups in total. The maximum absolute atomic E-state index is 14.7. The molecule has 246 valence electrons. The summed E-state index contributed by atoms with van der Waals surface area (Å²) in [5, 5.41) is 2.86. The summed E-state index contributed by atoms with van der Waals surface area (Å²) in [7, 11) is -9.32. The van der Waals surface area contributed by atoms with Crippen LogP contribution in [0, 0.1) is 0 Å². The fraction of sp³-hybridized carbons (Fsp3) is 0. The predicted molar refractivity (Wildman–Crippen MR) is 206 cm³/mol. The lowest BCUT2D eigenvalue weighted by atomic mass is 9.87. The number of benzene rings is 8. The van der Waals surface area contributed by atoms with Crippen molar-refractivity contribution >= 4 is 41.6 Å². The van der Waals surface area contributed by atoms with Gasteiger partial charge in [0.1, 0.15) is 0 Å². The number of nitrogens with one attached hydrogen (secondary N) is 1. The van der Waals surface area contributed by atoms with Gasteiger partial charge in [0, 0.05) is 22.3 Å². The number of rotatable bonds is 4. The number of fused-ring (bicyclic) bond motifs is 7. The third-order valence-electron chi connectivity index (χ3n) is 9.57. The van der Waals surface area contributed by atoms with E-state index in [1.165, 1.54) is 0 Å². The molecule has 0 atom stereocenters. The van der Waals surface area contributed by atoms with Gasteiger partial charge in [-0.05, 0) is 79.2 Å². The molecule has 0 aromatic heterocycles. The molecule has 0 radical (unpaired) electrons. The van der Waals surface area contributed by atoms with Crippen LogP contribution in [-0.2, 0) is 20.0 Å². The molecule has 5 nitrogen and oxygen atoms in total. The van der Waals surface area contributed by atoms with E-state index in [1.54, 1.807) is 0 Å². The van der Waals surface area contributed by atoms with Gasteiger partial charge in [0.2, 0.25) is 0 Å². The monoisotopic (exact) mass is 699 g/mol. The Kier molecular flexibility index (Phi) is 7.26. The standard InChI is InChI=1S/C44H29NO4S2/c46-50(47)43-39(33-21-11-19-31(25-33)29-13-3-1-4-14-29)27-35-17-7-9-23-37(35)41(43)42-38-24-10-8-18-36(38)28-40(44(42)51(48,49)45-50)34-22-12-20-32(26-34)30-15-5-2-6-16-30/h1-28,45H. The van der Waals surface area contributed by atoms with Gasteiger partial charge in [0.15, 0.2) is 0 Å². The molecule has 0 amide bonds. The molecule has 0 aliphatic carbocycles. The number of hydrogen-bond acceptors (Lipinski definition) is 4. The summed E-state index contributed by atoms with van der Waals surface area (Å²) in [4.78, 5) is -0.150. The molecule has 0 bridgehead atoms. The van der Waals surface area contributed by atoms with Crippen molar-refractivity contribution in [2.75, 3.05) is 0 Å². The fourth-order valence-electron chi connectivity index (χ4n) is 7.36. The summed E-state index contributed by atoms with van der Waals surface area (Å²) in [6.45, 7) is 0. The minimum absolute atomic E-state index is 0.0749. The highest BCUT2D eigenvalue weighted by atomic mass is 32.3. The van der Waals surface area contributed by atoms with Crippen LogP contribution in [0.15, 0.2) is 180 Å². The van der Waals surface area contributed by atoms with Crippen molar-refractivity contribution in [2.45, 2.75) is 9.79 Å². The summed E-state index contributed by atoms with van der Waals surface area (Å²) in [6.07, 6.45) is 0. The number of sulfonamides is 2. The molecule has 1 aliphatic heterocycles. The van der Waals surface area contributed by atoms with Gasteiger partial charge in [0.05, 0.1) is 9.79 Å². The topological polar surface area (TPSA) is 80.3 Å². The molecule has 0 unspecified atom stereocenters. The lowest BCUT2D eigenvalue weighted by molar-refractivity contribution is 0.579. The largest absolute Gasteiger partial charge is 0.255 e. The molecular weight excluding hydrogens is 671 g/mol. The van der Waals surface area contributed by atoms with Gasteiger partial charge in [-0.1, -0.05) is 146 Å². The molecule has 0 saturated carbocycles. The maximum atomic E-state index is 14.7. The van der Waals surface area contributed by atoms with Crippen LogP contribution in [0.5, 0.6) is 0 Å². The second kappa shape index (κ2) is 11.9. The van der Waals surface area contributed by atoms with Crippen molar-refractivity contribution in [2.24, 2.45) is 0 Å². The van der Waals surface area contributed by atoms with Crippen LogP contribution in [-0.4, -0.2) is 16.8 Å². The van der Waals surface area contributed by atoms with Crippen LogP contribution < -0.4 is 4.13 Å². The van der Waals surface area contributed by atoms with Crippen molar-refractivity contribution in [3.8, 4) is 55.6 Å². The van der Waals surface area contributed by atoms with Gasteiger partial charge in [-0.3, -0.25) is 0 Å². The van der Waals surface area contributed by atoms with Gasteiger partial charge < -0.3 is 0 Å². The zero-order valence-corrected chi connectivity index (χ0v) is 28.7. The Morgan fingerprint density at radius 2 is 0.686 bits per heavy atom. The van der Waals surface area contributed by atoms with E-state index in [0.717, 1.165) is 33.0 Å². The average molecular weight is 700 g/mol. The molecule has 0 fully saturated rings. The molecule has 8 aromatic rings. The van der Waals surface area contributed by atoms with Crippen LogP contribution >= 0.6 is 0 Å². The van der Waals surface area contributed by atoms with Gasteiger partial charge >= 0.3 is 0 Å². The van der Waals surface area contributed by atoms with Gasteiger partial charge in [0.25, 0.3) is 20.0 Å². The van der Waals surface area contributed by atoms with E-state index in [9.17, 15) is 16.8 Å².